The highest BCUT2D eigenvalue weighted by atomic mass is 16.5. The molecule has 0 amide bonds. The van der Waals surface area contributed by atoms with E-state index in [4.69, 9.17) is 9.72 Å². The van der Waals surface area contributed by atoms with Crippen molar-refractivity contribution in [2.75, 3.05) is 6.61 Å². The third-order valence-electron chi connectivity index (χ3n) is 7.03. The zero-order valence-corrected chi connectivity index (χ0v) is 22.8. The lowest BCUT2D eigenvalue weighted by molar-refractivity contribution is 0.304. The Morgan fingerprint density at radius 3 is 1.72 bits per heavy atom. The van der Waals surface area contributed by atoms with E-state index in [0.29, 0.717) is 0 Å². The predicted molar refractivity (Wildman–Crippen MR) is 155 cm³/mol. The van der Waals surface area contributed by atoms with Crippen LogP contribution in [0.4, 0.5) is 0 Å². The average molecular weight is 486 g/mol. The van der Waals surface area contributed by atoms with Gasteiger partial charge in [0, 0.05) is 11.9 Å². The number of rotatable bonds is 18. The monoisotopic (exact) mass is 485 g/mol. The average Bonchev–Trinajstić information content (AvgIpc) is 2.93. The highest BCUT2D eigenvalue weighted by Crippen LogP contribution is 2.23. The molecule has 194 valence electrons. The van der Waals surface area contributed by atoms with Gasteiger partial charge in [-0.3, -0.25) is 4.98 Å². The summed E-state index contributed by atoms with van der Waals surface area (Å²) in [5.74, 6) is 0.972. The van der Waals surface area contributed by atoms with Gasteiger partial charge in [-0.25, -0.2) is 0 Å². The maximum Gasteiger partial charge on any atom is 0.119 e. The Labute approximate surface area is 220 Å². The van der Waals surface area contributed by atoms with E-state index >= 15 is 0 Å². The van der Waals surface area contributed by atoms with E-state index in [-0.39, 0.29) is 0 Å². The highest BCUT2D eigenvalue weighted by Gasteiger charge is 2.02. The van der Waals surface area contributed by atoms with Crippen molar-refractivity contribution in [3.05, 3.63) is 83.7 Å². The first-order chi connectivity index (χ1) is 17.8. The Morgan fingerprint density at radius 2 is 1.08 bits per heavy atom. The molecule has 3 rings (SSSR count). The lowest BCUT2D eigenvalue weighted by atomic mass is 10.0. The van der Waals surface area contributed by atoms with E-state index in [0.717, 1.165) is 38.0 Å². The summed E-state index contributed by atoms with van der Waals surface area (Å²) in [5.41, 5.74) is 6.43. The highest BCUT2D eigenvalue weighted by molar-refractivity contribution is 5.64. The molecule has 0 unspecified atom stereocenters. The van der Waals surface area contributed by atoms with Crippen molar-refractivity contribution in [2.24, 2.45) is 0 Å². The molecule has 0 aliphatic rings. The van der Waals surface area contributed by atoms with E-state index < -0.39 is 0 Å². The summed E-state index contributed by atoms with van der Waals surface area (Å²) < 4.78 is 5.93. The molecule has 0 saturated carbocycles. The van der Waals surface area contributed by atoms with Crippen molar-refractivity contribution >= 4 is 0 Å². The Balaban J connectivity index is 1.37. The second-order valence-corrected chi connectivity index (χ2v) is 10.2. The van der Waals surface area contributed by atoms with Gasteiger partial charge in [-0.15, -0.1) is 0 Å². The van der Waals surface area contributed by atoms with Crippen LogP contribution in [0.15, 0.2) is 66.9 Å². The Morgan fingerprint density at radius 1 is 0.528 bits per heavy atom. The Hall–Kier alpha value is -2.61. The van der Waals surface area contributed by atoms with E-state index in [1.807, 2.05) is 0 Å². The van der Waals surface area contributed by atoms with Crippen molar-refractivity contribution in [3.63, 3.8) is 0 Å². The smallest absolute Gasteiger partial charge is 0.119 e. The molecule has 0 radical (unpaired) electrons. The van der Waals surface area contributed by atoms with E-state index in [1.165, 1.54) is 92.2 Å². The summed E-state index contributed by atoms with van der Waals surface area (Å²) in [5, 5.41) is 0. The number of hydrogen-bond donors (Lipinski definition) is 0. The van der Waals surface area contributed by atoms with Crippen LogP contribution in [0.5, 0.6) is 5.75 Å². The first kappa shape index (κ1) is 28.0. The van der Waals surface area contributed by atoms with Crippen LogP contribution in [0, 0.1) is 0 Å². The Bertz CT molecular complexity index is 944. The van der Waals surface area contributed by atoms with E-state index in [1.54, 1.807) is 0 Å². The van der Waals surface area contributed by atoms with Gasteiger partial charge >= 0.3 is 0 Å². The predicted octanol–water partition coefficient (Wildman–Crippen LogP) is 9.79. The molecule has 3 aromatic rings. The van der Waals surface area contributed by atoms with Crippen LogP contribution in [0.1, 0.15) is 101 Å². The fraction of sp³-hybridized carbons (Fsp3) is 0.500. The number of aryl methyl sites for hydroxylation is 3. The van der Waals surface area contributed by atoms with Gasteiger partial charge in [0.25, 0.3) is 0 Å². The maximum absolute atomic E-state index is 5.93. The number of ether oxygens (including phenoxy) is 1. The number of hydrogen-bond acceptors (Lipinski definition) is 2. The summed E-state index contributed by atoms with van der Waals surface area (Å²) in [6, 6.07) is 22.0. The van der Waals surface area contributed by atoms with Crippen LogP contribution in [-0.4, -0.2) is 11.6 Å². The maximum atomic E-state index is 5.93. The lowest BCUT2D eigenvalue weighted by Gasteiger charge is -2.08. The molecule has 0 atom stereocenters. The SMILES string of the molecule is CCCCCCCCOc1ccc(-c2ccc(CCc3ccc(CCCCCCC)nc3)cc2)cc1. The molecule has 1 aromatic heterocycles. The fourth-order valence-electron chi connectivity index (χ4n) is 4.63. The number of benzene rings is 2. The van der Waals surface area contributed by atoms with Gasteiger partial charge in [0.2, 0.25) is 0 Å². The topological polar surface area (TPSA) is 22.1 Å². The number of pyridine rings is 1. The van der Waals surface area contributed by atoms with Crippen LogP contribution in [-0.2, 0) is 19.3 Å². The van der Waals surface area contributed by atoms with Gasteiger partial charge in [0.05, 0.1) is 6.61 Å². The molecule has 2 nitrogen and oxygen atoms in total. The second kappa shape index (κ2) is 17.0. The van der Waals surface area contributed by atoms with Crippen LogP contribution < -0.4 is 4.74 Å². The molecular weight excluding hydrogens is 438 g/mol. The standard InChI is InChI=1S/C34H47NO/c1-3-5-7-9-11-13-27-36-34-25-22-32(23-26-34)31-20-17-29(18-21-31)15-16-30-19-24-33(35-28-30)14-12-10-8-6-4-2/h17-26,28H,3-16,27H2,1-2H3. The molecule has 0 aliphatic carbocycles. The molecule has 1 heterocycles. The van der Waals surface area contributed by atoms with Crippen molar-refractivity contribution in [1.29, 1.82) is 0 Å². The van der Waals surface area contributed by atoms with Crippen LogP contribution in [0.3, 0.4) is 0 Å². The van der Waals surface area contributed by atoms with Gasteiger partial charge in [-0.05, 0) is 72.6 Å². The molecule has 0 spiro atoms. The summed E-state index contributed by atoms with van der Waals surface area (Å²) in [4.78, 5) is 4.70. The summed E-state index contributed by atoms with van der Waals surface area (Å²) in [7, 11) is 0. The zero-order valence-electron chi connectivity index (χ0n) is 22.8. The first-order valence-electron chi connectivity index (χ1n) is 14.5. The van der Waals surface area contributed by atoms with Gasteiger partial charge in [0.15, 0.2) is 0 Å². The molecule has 36 heavy (non-hydrogen) atoms. The van der Waals surface area contributed by atoms with Crippen LogP contribution in [0.25, 0.3) is 11.1 Å². The van der Waals surface area contributed by atoms with Gasteiger partial charge in [-0.1, -0.05) is 114 Å². The lowest BCUT2D eigenvalue weighted by Crippen LogP contribution is -1.97. The fourth-order valence-corrected chi connectivity index (χ4v) is 4.63. The number of unbranched alkanes of at least 4 members (excludes halogenated alkanes) is 9. The van der Waals surface area contributed by atoms with Gasteiger partial charge in [-0.2, -0.15) is 0 Å². The van der Waals surface area contributed by atoms with E-state index in [2.05, 4.69) is 80.7 Å². The number of aromatic nitrogens is 1. The summed E-state index contributed by atoms with van der Waals surface area (Å²) in [6.07, 6.45) is 19.6. The largest absolute Gasteiger partial charge is 0.494 e. The summed E-state index contributed by atoms with van der Waals surface area (Å²) in [6.45, 7) is 5.34. The Kier molecular flexibility index (Phi) is 13.2. The minimum Gasteiger partial charge on any atom is -0.494 e. The molecule has 0 saturated heterocycles. The zero-order chi connectivity index (χ0) is 25.3. The van der Waals surface area contributed by atoms with Gasteiger partial charge < -0.3 is 4.74 Å². The van der Waals surface area contributed by atoms with E-state index in [9.17, 15) is 0 Å². The minimum atomic E-state index is 0.817. The third-order valence-corrected chi connectivity index (χ3v) is 7.03. The first-order valence-corrected chi connectivity index (χ1v) is 14.5. The van der Waals surface area contributed by atoms with Crippen molar-refractivity contribution in [2.45, 2.75) is 104 Å². The summed E-state index contributed by atoms with van der Waals surface area (Å²) >= 11 is 0. The minimum absolute atomic E-state index is 0.817. The number of nitrogens with zero attached hydrogens (tertiary/aromatic N) is 1. The van der Waals surface area contributed by atoms with Gasteiger partial charge in [0.1, 0.15) is 5.75 Å². The molecular formula is C34H47NO. The second-order valence-electron chi connectivity index (χ2n) is 10.2. The normalized spacial score (nSPS) is 11.1. The molecule has 0 N–H and O–H groups in total. The third kappa shape index (κ3) is 10.6. The molecule has 0 bridgehead atoms. The van der Waals surface area contributed by atoms with Crippen LogP contribution in [0.2, 0.25) is 0 Å². The van der Waals surface area contributed by atoms with Crippen molar-refractivity contribution < 1.29 is 4.74 Å². The molecule has 2 heteroatoms. The molecule has 0 aliphatic heterocycles. The molecule has 0 fully saturated rings. The van der Waals surface area contributed by atoms with Crippen LogP contribution >= 0.6 is 0 Å². The molecule has 2 aromatic carbocycles. The van der Waals surface area contributed by atoms with Crippen molar-refractivity contribution in [3.8, 4) is 16.9 Å². The van der Waals surface area contributed by atoms with Crippen molar-refractivity contribution in [1.82, 2.24) is 4.98 Å². The quantitative estimate of drug-likeness (QED) is 0.167.